The molecule has 0 aliphatic carbocycles. The van der Waals surface area contributed by atoms with E-state index in [9.17, 15) is 18.0 Å². The number of alkyl halides is 1. The SMILES string of the molecule is COC(=O)S(=O)(=O)C(=O)OCCl. The summed E-state index contributed by atoms with van der Waals surface area (Å²) in [4.78, 5) is 20.9. The molecular formula is C4H5ClO6S. The van der Waals surface area contributed by atoms with Gasteiger partial charge in [-0.25, -0.2) is 18.0 Å². The van der Waals surface area contributed by atoms with Crippen molar-refractivity contribution in [2.45, 2.75) is 0 Å². The third-order valence-corrected chi connectivity index (χ3v) is 2.05. The van der Waals surface area contributed by atoms with Crippen molar-refractivity contribution in [1.29, 1.82) is 0 Å². The molecule has 0 unspecified atom stereocenters. The molecule has 0 aliphatic rings. The highest BCUT2D eigenvalue weighted by Crippen LogP contribution is 2.01. The fraction of sp³-hybridized carbons (Fsp3) is 0.500. The van der Waals surface area contributed by atoms with Crippen LogP contribution < -0.4 is 0 Å². The van der Waals surface area contributed by atoms with Gasteiger partial charge in [0.15, 0.2) is 6.07 Å². The van der Waals surface area contributed by atoms with Crippen LogP contribution in [-0.4, -0.2) is 32.2 Å². The van der Waals surface area contributed by atoms with E-state index in [2.05, 4.69) is 9.47 Å². The van der Waals surface area contributed by atoms with Crippen LogP contribution in [0.15, 0.2) is 0 Å². The highest BCUT2D eigenvalue weighted by atomic mass is 35.5. The molecule has 0 spiro atoms. The molecule has 0 aromatic carbocycles. The van der Waals surface area contributed by atoms with Gasteiger partial charge in [0.05, 0.1) is 7.11 Å². The lowest BCUT2D eigenvalue weighted by Gasteiger charge is -1.99. The second kappa shape index (κ2) is 4.27. The number of halogens is 1. The van der Waals surface area contributed by atoms with Crippen molar-refractivity contribution in [1.82, 2.24) is 0 Å². The molecule has 0 saturated heterocycles. The van der Waals surface area contributed by atoms with Gasteiger partial charge in [-0.1, -0.05) is 11.6 Å². The van der Waals surface area contributed by atoms with E-state index >= 15 is 0 Å². The number of hydrogen-bond donors (Lipinski definition) is 0. The van der Waals surface area contributed by atoms with Crippen molar-refractivity contribution >= 4 is 32.0 Å². The molecule has 0 saturated carbocycles. The Balaban J connectivity index is 4.64. The maximum atomic E-state index is 10.6. The van der Waals surface area contributed by atoms with E-state index in [-0.39, 0.29) is 0 Å². The first-order valence-corrected chi connectivity index (χ1v) is 4.54. The minimum Gasteiger partial charge on any atom is -0.457 e. The molecule has 0 radical (unpaired) electrons. The highest BCUT2D eigenvalue weighted by Gasteiger charge is 2.34. The standard InChI is InChI=1S/C4H5ClO6S/c1-10-3(6)12(8,9)4(7)11-2-5/h2H2,1H3. The molecule has 70 valence electrons. The van der Waals surface area contributed by atoms with E-state index in [1.165, 1.54) is 0 Å². The summed E-state index contributed by atoms with van der Waals surface area (Å²) in [5.41, 5.74) is 0. The number of sulfone groups is 1. The first-order valence-electron chi connectivity index (χ1n) is 2.52. The van der Waals surface area contributed by atoms with Crippen LogP contribution >= 0.6 is 11.6 Å². The molecule has 0 aromatic rings. The molecule has 0 rings (SSSR count). The molecule has 0 N–H and O–H groups in total. The summed E-state index contributed by atoms with van der Waals surface area (Å²) >= 11 is 4.89. The van der Waals surface area contributed by atoms with Crippen molar-refractivity contribution in [2.75, 3.05) is 13.2 Å². The van der Waals surface area contributed by atoms with E-state index in [4.69, 9.17) is 11.6 Å². The normalized spacial score (nSPS) is 10.5. The van der Waals surface area contributed by atoms with E-state index in [0.717, 1.165) is 7.11 Å². The summed E-state index contributed by atoms with van der Waals surface area (Å²) < 4.78 is 29.0. The van der Waals surface area contributed by atoms with E-state index < -0.39 is 26.5 Å². The molecule has 0 aliphatic heterocycles. The predicted molar refractivity (Wildman–Crippen MR) is 38.5 cm³/mol. The van der Waals surface area contributed by atoms with Gasteiger partial charge in [-0.05, 0) is 0 Å². The van der Waals surface area contributed by atoms with Crippen molar-refractivity contribution in [3.8, 4) is 0 Å². The van der Waals surface area contributed by atoms with Gasteiger partial charge in [0.2, 0.25) is 0 Å². The van der Waals surface area contributed by atoms with Crippen LogP contribution in [0.2, 0.25) is 0 Å². The average molecular weight is 217 g/mol. The van der Waals surface area contributed by atoms with Crippen molar-refractivity contribution in [3.63, 3.8) is 0 Å². The number of carbonyl (C=O) groups is 2. The first-order chi connectivity index (χ1) is 5.46. The number of ether oxygens (including phenoxy) is 2. The van der Waals surface area contributed by atoms with Gasteiger partial charge in [-0.2, -0.15) is 0 Å². The van der Waals surface area contributed by atoms with Crippen LogP contribution in [0.25, 0.3) is 0 Å². The van der Waals surface area contributed by atoms with Gasteiger partial charge < -0.3 is 9.47 Å². The molecule has 12 heavy (non-hydrogen) atoms. The molecule has 0 aromatic heterocycles. The Bertz CT molecular complexity index is 280. The average Bonchev–Trinajstić information content (AvgIpc) is 2.03. The Labute approximate surface area is 73.3 Å². The number of methoxy groups -OCH3 is 1. The summed E-state index contributed by atoms with van der Waals surface area (Å²) in [7, 11) is -3.83. The minimum absolute atomic E-state index is 0.644. The fourth-order valence-corrected chi connectivity index (χ4v) is 1.03. The smallest absolute Gasteiger partial charge is 0.437 e. The molecule has 0 heterocycles. The molecule has 0 bridgehead atoms. The van der Waals surface area contributed by atoms with Crippen molar-refractivity contribution in [3.05, 3.63) is 0 Å². The summed E-state index contributed by atoms with van der Waals surface area (Å²) in [6.07, 6.45) is 0. The lowest BCUT2D eigenvalue weighted by atomic mass is 11.4. The minimum atomic E-state index is -4.66. The van der Waals surface area contributed by atoms with E-state index in [1.54, 1.807) is 0 Å². The monoisotopic (exact) mass is 216 g/mol. The van der Waals surface area contributed by atoms with Crippen LogP contribution in [0.3, 0.4) is 0 Å². The number of hydrogen-bond acceptors (Lipinski definition) is 6. The molecule has 8 heteroatoms. The van der Waals surface area contributed by atoms with Gasteiger partial charge in [-0.3, -0.25) is 0 Å². The zero-order valence-electron chi connectivity index (χ0n) is 5.94. The summed E-state index contributed by atoms with van der Waals surface area (Å²) in [5.74, 6) is 0. The molecular weight excluding hydrogens is 212 g/mol. The Morgan fingerprint density at radius 3 is 2.17 bits per heavy atom. The Kier molecular flexibility index (Phi) is 3.98. The number of carbonyl (C=O) groups excluding carboxylic acids is 2. The molecule has 0 amide bonds. The van der Waals surface area contributed by atoms with Crippen LogP contribution in [0.5, 0.6) is 0 Å². The van der Waals surface area contributed by atoms with Crippen molar-refractivity contribution < 1.29 is 27.5 Å². The van der Waals surface area contributed by atoms with Crippen LogP contribution in [-0.2, 0) is 19.3 Å². The van der Waals surface area contributed by atoms with Gasteiger partial charge in [0, 0.05) is 0 Å². The number of rotatable bonds is 1. The maximum absolute atomic E-state index is 10.6. The van der Waals surface area contributed by atoms with Gasteiger partial charge >= 0.3 is 20.4 Å². The Hall–Kier alpha value is -0.820. The molecule has 0 fully saturated rings. The topological polar surface area (TPSA) is 86.7 Å². The zero-order chi connectivity index (χ0) is 9.78. The van der Waals surface area contributed by atoms with Gasteiger partial charge in [-0.15, -0.1) is 0 Å². The summed E-state index contributed by atoms with van der Waals surface area (Å²) in [5, 5.41) is -3.39. The zero-order valence-corrected chi connectivity index (χ0v) is 7.52. The van der Waals surface area contributed by atoms with E-state index in [1.807, 2.05) is 0 Å². The Morgan fingerprint density at radius 1 is 1.33 bits per heavy atom. The van der Waals surface area contributed by atoms with Gasteiger partial charge in [0.25, 0.3) is 0 Å². The highest BCUT2D eigenvalue weighted by molar-refractivity contribution is 8.18. The quantitative estimate of drug-likeness (QED) is 0.469. The van der Waals surface area contributed by atoms with Crippen LogP contribution in [0.1, 0.15) is 0 Å². The third-order valence-electron chi connectivity index (χ3n) is 0.778. The third kappa shape index (κ3) is 2.35. The lowest BCUT2D eigenvalue weighted by molar-refractivity contribution is 0.185. The van der Waals surface area contributed by atoms with Crippen LogP contribution in [0, 0.1) is 0 Å². The van der Waals surface area contributed by atoms with Crippen molar-refractivity contribution in [2.24, 2.45) is 0 Å². The lowest BCUT2D eigenvalue weighted by Crippen LogP contribution is -2.24. The fourth-order valence-electron chi connectivity index (χ4n) is 0.300. The molecule has 0 atom stereocenters. The van der Waals surface area contributed by atoms with Crippen LogP contribution in [0.4, 0.5) is 9.59 Å². The summed E-state index contributed by atoms with van der Waals surface area (Å²) in [6, 6.07) is -0.644. The Morgan fingerprint density at radius 2 is 1.83 bits per heavy atom. The van der Waals surface area contributed by atoms with Gasteiger partial charge in [0.1, 0.15) is 0 Å². The summed E-state index contributed by atoms with van der Waals surface area (Å²) in [6.45, 7) is 0. The largest absolute Gasteiger partial charge is 0.457 e. The maximum Gasteiger partial charge on any atom is 0.437 e. The second-order valence-electron chi connectivity index (χ2n) is 1.46. The second-order valence-corrected chi connectivity index (χ2v) is 3.35. The predicted octanol–water partition coefficient (Wildman–Crippen LogP) is 0.500. The van der Waals surface area contributed by atoms with E-state index in [0.29, 0.717) is 0 Å². The molecule has 6 nitrogen and oxygen atoms in total. The first kappa shape index (κ1) is 11.2.